The zero-order valence-corrected chi connectivity index (χ0v) is 23.1. The number of esters is 1. The van der Waals surface area contributed by atoms with Crippen LogP contribution in [0.1, 0.15) is 36.5 Å². The molecule has 2 aromatic carbocycles. The highest BCUT2D eigenvalue weighted by Crippen LogP contribution is 2.40. The van der Waals surface area contributed by atoms with Crippen LogP contribution in [0.4, 0.5) is 18.9 Å². The Balaban J connectivity index is 1.97. The van der Waals surface area contributed by atoms with Crippen molar-refractivity contribution in [3.8, 4) is 5.75 Å². The number of carbonyl (C=O) groups is 1. The fourth-order valence-corrected chi connectivity index (χ4v) is 5.47. The summed E-state index contributed by atoms with van der Waals surface area (Å²) in [5.74, 6) is -2.62. The number of sulfonamides is 1. The van der Waals surface area contributed by atoms with Crippen molar-refractivity contribution in [2.24, 2.45) is 5.73 Å². The monoisotopic (exact) mass is 582 g/mol. The molecule has 40 heavy (non-hydrogen) atoms. The number of nitrogens with two attached hydrogens (primary N) is 1. The molecule has 0 saturated carbocycles. The molecular weight excluding hydrogens is 549 g/mol. The van der Waals surface area contributed by atoms with Crippen molar-refractivity contribution in [1.29, 1.82) is 5.41 Å². The number of hydrogen-bond acceptors (Lipinski definition) is 7. The standard InChI is InChI=1S/C27H33F3N4O5S/c1-3-38-25(35)18-40(36,37)34(13-5-7-19-6-4-8-20(16-19)26(31)32)21-9-10-24(23(17-21)27(28,29)30)39-22-11-14-33(2)15-12-22/h4-10,16-17,22H,3,11-15,18H2,1-2H3,(H3,31,32)/b7-5+. The van der Waals surface area contributed by atoms with Gasteiger partial charge in [0.15, 0.2) is 5.75 Å². The van der Waals surface area contributed by atoms with E-state index in [4.69, 9.17) is 20.6 Å². The molecule has 3 rings (SSSR count). The maximum Gasteiger partial charge on any atom is 0.420 e. The molecule has 0 aromatic heterocycles. The first-order valence-corrected chi connectivity index (χ1v) is 14.2. The van der Waals surface area contributed by atoms with Gasteiger partial charge in [-0.2, -0.15) is 13.2 Å². The van der Waals surface area contributed by atoms with Crippen LogP contribution in [0.25, 0.3) is 6.08 Å². The first-order valence-electron chi connectivity index (χ1n) is 12.6. The average Bonchev–Trinajstić information content (AvgIpc) is 2.87. The van der Waals surface area contributed by atoms with E-state index in [9.17, 15) is 26.4 Å². The first-order chi connectivity index (χ1) is 18.8. The fourth-order valence-electron chi connectivity index (χ4n) is 4.18. The third-order valence-corrected chi connectivity index (χ3v) is 7.87. The normalized spacial score (nSPS) is 15.2. The van der Waals surface area contributed by atoms with Gasteiger partial charge >= 0.3 is 12.1 Å². The molecule has 13 heteroatoms. The molecule has 0 aliphatic carbocycles. The van der Waals surface area contributed by atoms with Gasteiger partial charge in [0.25, 0.3) is 0 Å². The van der Waals surface area contributed by atoms with Gasteiger partial charge in [0.2, 0.25) is 10.0 Å². The van der Waals surface area contributed by atoms with Crippen LogP contribution < -0.4 is 14.8 Å². The van der Waals surface area contributed by atoms with Crippen LogP contribution in [0.5, 0.6) is 5.75 Å². The Morgan fingerprint density at radius 1 is 1.20 bits per heavy atom. The SMILES string of the molecule is CCOC(=O)CS(=O)(=O)N(C/C=C/c1cccc(C(=N)N)c1)c1ccc(OC2CCN(C)CC2)c(C(F)(F)F)c1. The number of carbonyl (C=O) groups excluding carboxylic acids is 1. The molecule has 0 bridgehead atoms. The predicted molar refractivity (Wildman–Crippen MR) is 147 cm³/mol. The van der Waals surface area contributed by atoms with Crippen LogP contribution in [0.2, 0.25) is 0 Å². The van der Waals surface area contributed by atoms with Crippen LogP contribution in [0.3, 0.4) is 0 Å². The molecule has 3 N–H and O–H groups in total. The summed E-state index contributed by atoms with van der Waals surface area (Å²) < 4.78 is 80.0. The minimum Gasteiger partial charge on any atom is -0.490 e. The van der Waals surface area contributed by atoms with Gasteiger partial charge in [0.05, 0.1) is 24.4 Å². The largest absolute Gasteiger partial charge is 0.490 e. The summed E-state index contributed by atoms with van der Waals surface area (Å²) in [6.07, 6.45) is -1.13. The van der Waals surface area contributed by atoms with Crippen molar-refractivity contribution in [3.63, 3.8) is 0 Å². The lowest BCUT2D eigenvalue weighted by Crippen LogP contribution is -2.37. The summed E-state index contributed by atoms with van der Waals surface area (Å²) in [7, 11) is -2.52. The Kier molecular flexibility index (Phi) is 10.2. The number of likely N-dealkylation sites (tertiary alicyclic amines) is 1. The van der Waals surface area contributed by atoms with E-state index in [1.807, 2.05) is 7.05 Å². The Labute approximate surface area is 231 Å². The number of hydrogen-bond donors (Lipinski definition) is 2. The number of nitrogen functional groups attached to an aromatic ring is 1. The van der Waals surface area contributed by atoms with Gasteiger partial charge in [0, 0.05) is 18.7 Å². The maximum absolute atomic E-state index is 14.1. The lowest BCUT2D eigenvalue weighted by molar-refractivity contribution is -0.140. The Morgan fingerprint density at radius 2 is 1.90 bits per heavy atom. The van der Waals surface area contributed by atoms with E-state index in [2.05, 4.69) is 4.90 Å². The second kappa shape index (κ2) is 13.2. The molecule has 0 atom stereocenters. The molecule has 0 amide bonds. The highest BCUT2D eigenvalue weighted by Gasteiger charge is 2.37. The molecule has 1 aliphatic heterocycles. The predicted octanol–water partition coefficient (Wildman–Crippen LogP) is 3.88. The smallest absolute Gasteiger partial charge is 0.420 e. The second-order valence-electron chi connectivity index (χ2n) is 9.33. The van der Waals surface area contributed by atoms with Crippen LogP contribution in [0.15, 0.2) is 48.5 Å². The van der Waals surface area contributed by atoms with Crippen LogP contribution in [0, 0.1) is 5.41 Å². The van der Waals surface area contributed by atoms with E-state index >= 15 is 0 Å². The van der Waals surface area contributed by atoms with E-state index < -0.39 is 39.6 Å². The second-order valence-corrected chi connectivity index (χ2v) is 11.2. The number of alkyl halides is 3. The van der Waals surface area contributed by atoms with Crippen molar-refractivity contribution in [2.45, 2.75) is 32.0 Å². The van der Waals surface area contributed by atoms with Crippen molar-refractivity contribution in [2.75, 3.05) is 43.3 Å². The van der Waals surface area contributed by atoms with Crippen LogP contribution in [-0.4, -0.2) is 70.3 Å². The molecule has 1 fully saturated rings. The van der Waals surface area contributed by atoms with Gasteiger partial charge in [0.1, 0.15) is 17.7 Å². The number of nitrogens with zero attached hydrogens (tertiary/aromatic N) is 2. The van der Waals surface area contributed by atoms with Crippen molar-refractivity contribution in [3.05, 3.63) is 65.2 Å². The van der Waals surface area contributed by atoms with Crippen molar-refractivity contribution < 1.29 is 35.9 Å². The third kappa shape index (κ3) is 8.46. The van der Waals surface area contributed by atoms with E-state index in [-0.39, 0.29) is 30.4 Å². The summed E-state index contributed by atoms with van der Waals surface area (Å²) >= 11 is 0. The quantitative estimate of drug-likeness (QED) is 0.234. The van der Waals surface area contributed by atoms with E-state index in [1.165, 1.54) is 19.1 Å². The zero-order valence-electron chi connectivity index (χ0n) is 22.3. The van der Waals surface area contributed by atoms with Gasteiger partial charge in [-0.05, 0) is 56.6 Å². The molecule has 0 spiro atoms. The number of anilines is 1. The maximum atomic E-state index is 14.1. The van der Waals surface area contributed by atoms with Gasteiger partial charge in [-0.1, -0.05) is 30.4 Å². The molecule has 1 saturated heterocycles. The van der Waals surface area contributed by atoms with E-state index in [0.29, 0.717) is 37.1 Å². The van der Waals surface area contributed by atoms with E-state index in [1.54, 1.807) is 30.3 Å². The van der Waals surface area contributed by atoms with Gasteiger partial charge < -0.3 is 20.1 Å². The number of benzene rings is 2. The summed E-state index contributed by atoms with van der Waals surface area (Å²) in [5.41, 5.74) is 5.16. The van der Waals surface area contributed by atoms with Crippen molar-refractivity contribution >= 4 is 33.6 Å². The highest BCUT2D eigenvalue weighted by atomic mass is 32.2. The number of ether oxygens (including phenoxy) is 2. The molecule has 1 heterocycles. The number of rotatable bonds is 11. The topological polar surface area (TPSA) is 126 Å². The molecule has 0 unspecified atom stereocenters. The zero-order chi connectivity index (χ0) is 29.5. The minimum atomic E-state index is -4.82. The summed E-state index contributed by atoms with van der Waals surface area (Å²) in [6, 6.07) is 9.64. The molecule has 0 radical (unpaired) electrons. The fraction of sp³-hybridized carbons (Fsp3) is 0.407. The summed E-state index contributed by atoms with van der Waals surface area (Å²) in [4.78, 5) is 14.1. The number of piperidine rings is 1. The Bertz CT molecular complexity index is 1340. The number of halogens is 3. The van der Waals surface area contributed by atoms with Crippen LogP contribution in [-0.2, 0) is 25.7 Å². The van der Waals surface area contributed by atoms with Crippen LogP contribution >= 0.6 is 0 Å². The number of nitrogens with one attached hydrogen (secondary N) is 1. The molecule has 9 nitrogen and oxygen atoms in total. The molecule has 2 aromatic rings. The Hall–Kier alpha value is -3.58. The van der Waals surface area contributed by atoms with E-state index in [0.717, 1.165) is 16.4 Å². The van der Waals surface area contributed by atoms with Gasteiger partial charge in [-0.25, -0.2) is 8.42 Å². The molecular formula is C27H33F3N4O5S. The molecule has 1 aliphatic rings. The lowest BCUT2D eigenvalue weighted by atomic mass is 10.1. The minimum absolute atomic E-state index is 0.0536. The Morgan fingerprint density at radius 3 is 2.52 bits per heavy atom. The lowest BCUT2D eigenvalue weighted by Gasteiger charge is -2.30. The number of amidine groups is 1. The van der Waals surface area contributed by atoms with Gasteiger partial charge in [-0.15, -0.1) is 0 Å². The third-order valence-electron chi connectivity index (χ3n) is 6.24. The summed E-state index contributed by atoms with van der Waals surface area (Å²) in [5, 5.41) is 7.57. The summed E-state index contributed by atoms with van der Waals surface area (Å²) in [6.45, 7) is 2.45. The van der Waals surface area contributed by atoms with Gasteiger partial charge in [-0.3, -0.25) is 14.5 Å². The molecule has 218 valence electrons. The van der Waals surface area contributed by atoms with Crippen molar-refractivity contribution in [1.82, 2.24) is 4.90 Å². The first kappa shape index (κ1) is 31.0. The highest BCUT2D eigenvalue weighted by molar-refractivity contribution is 7.93. The average molecular weight is 583 g/mol.